The number of anilines is 1. The molecule has 2 rings (SSSR count). The molecule has 1 heteroatoms. The molecule has 76 valence electrons. The highest BCUT2D eigenvalue weighted by atomic mass is 14.9. The SMILES string of the molecule is CC(C)(C)Cc1cccc2c1CCN2. The standard InChI is InChI=1S/C13H19N/c1-13(2,3)9-10-5-4-6-12-11(10)7-8-14-12/h4-6,14H,7-9H2,1-3H3. The molecule has 0 aromatic heterocycles. The second kappa shape index (κ2) is 3.30. The molecule has 1 aliphatic rings. The largest absolute Gasteiger partial charge is 0.384 e. The minimum Gasteiger partial charge on any atom is -0.384 e. The maximum atomic E-state index is 3.43. The van der Waals surface area contributed by atoms with Crippen LogP contribution in [0.5, 0.6) is 0 Å². The summed E-state index contributed by atoms with van der Waals surface area (Å²) in [5, 5.41) is 3.43. The first-order chi connectivity index (χ1) is 6.56. The van der Waals surface area contributed by atoms with Crippen LogP contribution in [0.4, 0.5) is 5.69 Å². The zero-order valence-electron chi connectivity index (χ0n) is 9.35. The van der Waals surface area contributed by atoms with E-state index in [4.69, 9.17) is 0 Å². The molecule has 1 aliphatic heterocycles. The average Bonchev–Trinajstić information content (AvgIpc) is 2.49. The van der Waals surface area contributed by atoms with Crippen LogP contribution in [-0.2, 0) is 12.8 Å². The lowest BCUT2D eigenvalue weighted by molar-refractivity contribution is 0.410. The number of hydrogen-bond donors (Lipinski definition) is 1. The van der Waals surface area contributed by atoms with Gasteiger partial charge < -0.3 is 5.32 Å². The van der Waals surface area contributed by atoms with Gasteiger partial charge in [-0.15, -0.1) is 0 Å². The zero-order chi connectivity index (χ0) is 10.2. The first kappa shape index (κ1) is 9.57. The topological polar surface area (TPSA) is 12.0 Å². The quantitative estimate of drug-likeness (QED) is 0.715. The molecule has 0 saturated carbocycles. The minimum absolute atomic E-state index is 0.387. The molecule has 0 fully saturated rings. The Balaban J connectivity index is 2.31. The van der Waals surface area contributed by atoms with E-state index in [-0.39, 0.29) is 0 Å². The number of hydrogen-bond acceptors (Lipinski definition) is 1. The van der Waals surface area contributed by atoms with Crippen molar-refractivity contribution in [3.63, 3.8) is 0 Å². The second-order valence-electron chi connectivity index (χ2n) is 5.36. The second-order valence-corrected chi connectivity index (χ2v) is 5.36. The summed E-state index contributed by atoms with van der Waals surface area (Å²) < 4.78 is 0. The fraction of sp³-hybridized carbons (Fsp3) is 0.538. The summed E-state index contributed by atoms with van der Waals surface area (Å²) in [5.74, 6) is 0. The Bertz CT molecular complexity index is 334. The van der Waals surface area contributed by atoms with E-state index in [1.54, 1.807) is 5.56 Å². The Morgan fingerprint density at radius 2 is 2.07 bits per heavy atom. The van der Waals surface area contributed by atoms with E-state index in [0.29, 0.717) is 5.41 Å². The van der Waals surface area contributed by atoms with Crippen molar-refractivity contribution >= 4 is 5.69 Å². The van der Waals surface area contributed by atoms with E-state index in [2.05, 4.69) is 44.3 Å². The molecule has 0 atom stereocenters. The number of nitrogens with one attached hydrogen (secondary N) is 1. The minimum atomic E-state index is 0.387. The fourth-order valence-electron chi connectivity index (χ4n) is 2.15. The molecule has 14 heavy (non-hydrogen) atoms. The molecule has 1 N–H and O–H groups in total. The third-order valence-electron chi connectivity index (χ3n) is 2.68. The van der Waals surface area contributed by atoms with Crippen LogP contribution in [0.3, 0.4) is 0 Å². The van der Waals surface area contributed by atoms with E-state index in [1.165, 1.54) is 24.1 Å². The molecule has 0 bridgehead atoms. The number of rotatable bonds is 1. The first-order valence-electron chi connectivity index (χ1n) is 5.41. The fourth-order valence-corrected chi connectivity index (χ4v) is 2.15. The van der Waals surface area contributed by atoms with Gasteiger partial charge >= 0.3 is 0 Å². The Morgan fingerprint density at radius 3 is 2.79 bits per heavy atom. The van der Waals surface area contributed by atoms with E-state index in [0.717, 1.165) is 6.54 Å². The molecule has 0 unspecified atom stereocenters. The summed E-state index contributed by atoms with van der Waals surface area (Å²) in [6.07, 6.45) is 2.37. The Kier molecular flexibility index (Phi) is 2.26. The van der Waals surface area contributed by atoms with Gasteiger partial charge in [0.15, 0.2) is 0 Å². The van der Waals surface area contributed by atoms with Crippen molar-refractivity contribution in [3.8, 4) is 0 Å². The first-order valence-corrected chi connectivity index (χ1v) is 5.41. The maximum Gasteiger partial charge on any atom is 0.0376 e. The zero-order valence-corrected chi connectivity index (χ0v) is 9.35. The molecular formula is C13H19N. The van der Waals surface area contributed by atoms with Gasteiger partial charge in [-0.25, -0.2) is 0 Å². The maximum absolute atomic E-state index is 3.43. The predicted octanol–water partition coefficient (Wildman–Crippen LogP) is 3.24. The highest BCUT2D eigenvalue weighted by molar-refractivity contribution is 5.58. The van der Waals surface area contributed by atoms with Crippen LogP contribution in [0.25, 0.3) is 0 Å². The van der Waals surface area contributed by atoms with Crippen molar-refractivity contribution in [3.05, 3.63) is 29.3 Å². The molecular weight excluding hydrogens is 170 g/mol. The monoisotopic (exact) mass is 189 g/mol. The van der Waals surface area contributed by atoms with E-state index in [9.17, 15) is 0 Å². The van der Waals surface area contributed by atoms with Gasteiger partial charge in [0.2, 0.25) is 0 Å². The Morgan fingerprint density at radius 1 is 1.29 bits per heavy atom. The van der Waals surface area contributed by atoms with Gasteiger partial charge in [0.25, 0.3) is 0 Å². The molecule has 0 saturated heterocycles. The van der Waals surface area contributed by atoms with Crippen molar-refractivity contribution in [2.24, 2.45) is 5.41 Å². The van der Waals surface area contributed by atoms with Gasteiger partial charge in [-0.3, -0.25) is 0 Å². The summed E-state index contributed by atoms with van der Waals surface area (Å²) in [6.45, 7) is 8.01. The third-order valence-corrected chi connectivity index (χ3v) is 2.68. The highest BCUT2D eigenvalue weighted by Crippen LogP contribution is 2.30. The van der Waals surface area contributed by atoms with E-state index < -0.39 is 0 Å². The van der Waals surface area contributed by atoms with Crippen molar-refractivity contribution < 1.29 is 0 Å². The van der Waals surface area contributed by atoms with Crippen LogP contribution < -0.4 is 5.32 Å². The van der Waals surface area contributed by atoms with Gasteiger partial charge in [0.1, 0.15) is 0 Å². The smallest absolute Gasteiger partial charge is 0.0376 e. The summed E-state index contributed by atoms with van der Waals surface area (Å²) in [5.41, 5.74) is 4.81. The molecule has 1 nitrogen and oxygen atoms in total. The third kappa shape index (κ3) is 1.92. The van der Waals surface area contributed by atoms with Gasteiger partial charge in [-0.1, -0.05) is 32.9 Å². The normalized spacial score (nSPS) is 15.1. The molecule has 0 amide bonds. The van der Waals surface area contributed by atoms with Crippen molar-refractivity contribution in [2.45, 2.75) is 33.6 Å². The molecule has 0 aliphatic carbocycles. The van der Waals surface area contributed by atoms with Crippen LogP contribution in [-0.4, -0.2) is 6.54 Å². The Hall–Kier alpha value is -0.980. The highest BCUT2D eigenvalue weighted by Gasteiger charge is 2.18. The summed E-state index contributed by atoms with van der Waals surface area (Å²) in [4.78, 5) is 0. The Labute approximate surface area is 86.5 Å². The van der Waals surface area contributed by atoms with Crippen LogP contribution in [0.2, 0.25) is 0 Å². The average molecular weight is 189 g/mol. The molecule has 0 radical (unpaired) electrons. The lowest BCUT2D eigenvalue weighted by Crippen LogP contribution is -2.10. The summed E-state index contributed by atoms with van der Waals surface area (Å²) in [6, 6.07) is 6.63. The van der Waals surface area contributed by atoms with Crippen molar-refractivity contribution in [2.75, 3.05) is 11.9 Å². The molecule has 1 aromatic rings. The molecule has 1 heterocycles. The van der Waals surface area contributed by atoms with Crippen molar-refractivity contribution in [1.82, 2.24) is 0 Å². The number of fused-ring (bicyclic) bond motifs is 1. The lowest BCUT2D eigenvalue weighted by Gasteiger charge is -2.20. The number of benzene rings is 1. The van der Waals surface area contributed by atoms with Crippen LogP contribution in [0.15, 0.2) is 18.2 Å². The predicted molar refractivity (Wildman–Crippen MR) is 61.8 cm³/mol. The van der Waals surface area contributed by atoms with Crippen LogP contribution in [0.1, 0.15) is 31.9 Å². The summed E-state index contributed by atoms with van der Waals surface area (Å²) >= 11 is 0. The lowest BCUT2D eigenvalue weighted by atomic mass is 9.86. The summed E-state index contributed by atoms with van der Waals surface area (Å²) in [7, 11) is 0. The van der Waals surface area contributed by atoms with Crippen molar-refractivity contribution in [1.29, 1.82) is 0 Å². The van der Waals surface area contributed by atoms with Gasteiger partial charge in [-0.2, -0.15) is 0 Å². The van der Waals surface area contributed by atoms with Gasteiger partial charge in [0, 0.05) is 12.2 Å². The molecule has 1 aromatic carbocycles. The van der Waals surface area contributed by atoms with E-state index >= 15 is 0 Å². The van der Waals surface area contributed by atoms with Gasteiger partial charge in [0.05, 0.1) is 0 Å². The van der Waals surface area contributed by atoms with E-state index in [1.807, 2.05) is 0 Å². The molecule has 0 spiro atoms. The van der Waals surface area contributed by atoms with Crippen LogP contribution >= 0.6 is 0 Å². The van der Waals surface area contributed by atoms with Gasteiger partial charge in [-0.05, 0) is 35.4 Å². The van der Waals surface area contributed by atoms with Crippen LogP contribution in [0, 0.1) is 5.41 Å².